The number of nitriles is 1. The Morgan fingerprint density at radius 2 is 1.80 bits per heavy atom. The van der Waals surface area contributed by atoms with Crippen LogP contribution in [-0.2, 0) is 11.4 Å². The second kappa shape index (κ2) is 14.9. The number of aromatic nitrogens is 1. The molecular formula is C38H31IN4O5S. The molecular weight excluding hydrogens is 751 g/mol. The predicted octanol–water partition coefficient (Wildman–Crippen LogP) is 6.34. The molecule has 246 valence electrons. The summed E-state index contributed by atoms with van der Waals surface area (Å²) >= 11 is 3.45. The highest BCUT2D eigenvalue weighted by molar-refractivity contribution is 14.1. The molecule has 9 nitrogen and oxygen atoms in total. The maximum absolute atomic E-state index is 14.2. The van der Waals surface area contributed by atoms with Crippen molar-refractivity contribution in [2.45, 2.75) is 26.5 Å². The number of hydrogen-bond donors (Lipinski definition) is 1. The summed E-state index contributed by atoms with van der Waals surface area (Å²) in [7, 11) is 1.57. The van der Waals surface area contributed by atoms with Crippen LogP contribution in [0.25, 0.3) is 6.08 Å². The number of methoxy groups -OCH3 is 1. The smallest absolute Gasteiger partial charge is 0.271 e. The molecule has 0 spiro atoms. The highest BCUT2D eigenvalue weighted by atomic mass is 127. The van der Waals surface area contributed by atoms with Gasteiger partial charge in [0.2, 0.25) is 0 Å². The molecule has 0 bridgehead atoms. The van der Waals surface area contributed by atoms with E-state index in [0.717, 1.165) is 20.3 Å². The third kappa shape index (κ3) is 7.30. The number of nitrogens with zero attached hydrogens (tertiary/aromatic N) is 3. The zero-order chi connectivity index (χ0) is 34.5. The van der Waals surface area contributed by atoms with E-state index >= 15 is 0 Å². The maximum Gasteiger partial charge on any atom is 0.271 e. The number of thiazole rings is 1. The second-order valence-corrected chi connectivity index (χ2v) is 13.2. The van der Waals surface area contributed by atoms with Crippen LogP contribution in [0.5, 0.6) is 17.2 Å². The second-order valence-electron chi connectivity index (χ2n) is 11.0. The number of fused-ring (bicyclic) bond motifs is 1. The van der Waals surface area contributed by atoms with Crippen molar-refractivity contribution in [1.82, 2.24) is 4.57 Å². The number of hydrogen-bond acceptors (Lipinski definition) is 8. The number of rotatable bonds is 10. The number of para-hydroxylation sites is 1. The molecule has 49 heavy (non-hydrogen) atoms. The van der Waals surface area contributed by atoms with Crippen LogP contribution >= 0.6 is 33.9 Å². The minimum absolute atomic E-state index is 0.268. The van der Waals surface area contributed by atoms with E-state index in [4.69, 9.17) is 24.5 Å². The fourth-order valence-electron chi connectivity index (χ4n) is 5.51. The molecule has 0 radical (unpaired) electrons. The van der Waals surface area contributed by atoms with Gasteiger partial charge >= 0.3 is 0 Å². The number of nitrogens with one attached hydrogen (secondary N) is 1. The van der Waals surface area contributed by atoms with E-state index in [1.165, 1.54) is 11.3 Å². The monoisotopic (exact) mass is 782 g/mol. The lowest BCUT2D eigenvalue weighted by Gasteiger charge is -2.25. The highest BCUT2D eigenvalue weighted by Crippen LogP contribution is 2.35. The van der Waals surface area contributed by atoms with E-state index in [1.54, 1.807) is 36.8 Å². The first-order valence-electron chi connectivity index (χ1n) is 15.4. The normalized spacial score (nSPS) is 14.0. The SMILES string of the molecule is CCOc1ccc([C@H]2C(C(=O)Nc3ccccc3)=C(C)N=c3s/c(=C\c4cc(I)c(OCc5ccc(C#N)cc5)c(OC)c4)c(=O)n32)cc1. The van der Waals surface area contributed by atoms with Gasteiger partial charge in [-0.2, -0.15) is 5.26 Å². The first kappa shape index (κ1) is 33.7. The molecule has 0 unspecified atom stereocenters. The van der Waals surface area contributed by atoms with Gasteiger partial charge in [0, 0.05) is 5.69 Å². The first-order chi connectivity index (χ1) is 23.8. The number of allylic oxidation sites excluding steroid dienone is 1. The molecule has 0 saturated heterocycles. The van der Waals surface area contributed by atoms with Crippen LogP contribution in [0.1, 0.15) is 42.1 Å². The van der Waals surface area contributed by atoms with Gasteiger partial charge in [0.25, 0.3) is 11.5 Å². The van der Waals surface area contributed by atoms with Gasteiger partial charge in [0.15, 0.2) is 16.3 Å². The standard InChI is InChI=1S/C38H31IN4O5S/c1-4-47-29-16-14-27(15-17-29)34-33(36(44)42-28-8-6-5-7-9-28)23(2)41-38-43(34)37(45)32(49-38)20-26-18-30(39)35(31(19-26)46-3)48-22-25-12-10-24(21-40)11-13-25/h5-20,34H,4,22H2,1-3H3,(H,42,44)/b32-20-/t34-/m0/s1. The summed E-state index contributed by atoms with van der Waals surface area (Å²) in [6.45, 7) is 4.52. The van der Waals surface area contributed by atoms with Gasteiger partial charge in [-0.1, -0.05) is 53.8 Å². The zero-order valence-electron chi connectivity index (χ0n) is 26.9. The third-order valence-corrected chi connectivity index (χ3v) is 9.60. The lowest BCUT2D eigenvalue weighted by atomic mass is 9.95. The summed E-state index contributed by atoms with van der Waals surface area (Å²) in [5.41, 5.74) is 4.27. The molecule has 0 aliphatic carbocycles. The van der Waals surface area contributed by atoms with E-state index in [-0.39, 0.29) is 11.5 Å². The number of ether oxygens (including phenoxy) is 3. The van der Waals surface area contributed by atoms with E-state index < -0.39 is 6.04 Å². The van der Waals surface area contributed by atoms with Gasteiger partial charge in [-0.25, -0.2) is 4.99 Å². The van der Waals surface area contributed by atoms with Crippen LogP contribution < -0.4 is 34.4 Å². The van der Waals surface area contributed by atoms with E-state index in [0.29, 0.717) is 62.3 Å². The molecule has 0 fully saturated rings. The largest absolute Gasteiger partial charge is 0.494 e. The predicted molar refractivity (Wildman–Crippen MR) is 198 cm³/mol. The number of amides is 1. The van der Waals surface area contributed by atoms with Crippen molar-refractivity contribution in [2.75, 3.05) is 19.0 Å². The van der Waals surface area contributed by atoms with Crippen molar-refractivity contribution in [1.29, 1.82) is 5.26 Å². The van der Waals surface area contributed by atoms with Crippen molar-refractivity contribution in [3.05, 3.63) is 148 Å². The van der Waals surface area contributed by atoms with Crippen LogP contribution in [-0.4, -0.2) is 24.2 Å². The summed E-state index contributed by atoms with van der Waals surface area (Å²) in [5.74, 6) is 1.45. The Morgan fingerprint density at radius 3 is 2.47 bits per heavy atom. The van der Waals surface area contributed by atoms with E-state index in [2.05, 4.69) is 34.0 Å². The molecule has 6 rings (SSSR count). The zero-order valence-corrected chi connectivity index (χ0v) is 29.9. The summed E-state index contributed by atoms with van der Waals surface area (Å²) in [6, 6.07) is 29.0. The third-order valence-electron chi connectivity index (χ3n) is 7.82. The van der Waals surface area contributed by atoms with Gasteiger partial charge in [-0.3, -0.25) is 14.2 Å². The molecule has 1 aliphatic rings. The Labute approximate surface area is 300 Å². The molecule has 0 saturated carbocycles. The molecule has 2 heterocycles. The number of anilines is 1. The Morgan fingerprint density at radius 1 is 1.06 bits per heavy atom. The first-order valence-corrected chi connectivity index (χ1v) is 17.3. The van der Waals surface area contributed by atoms with E-state index in [9.17, 15) is 9.59 Å². The minimum Gasteiger partial charge on any atom is -0.494 e. The summed E-state index contributed by atoms with van der Waals surface area (Å²) in [6.07, 6.45) is 1.80. The van der Waals surface area contributed by atoms with Crippen molar-refractivity contribution in [3.8, 4) is 23.3 Å². The number of carbonyl (C=O) groups excluding carboxylic acids is 1. The lowest BCUT2D eigenvalue weighted by Crippen LogP contribution is -2.40. The lowest BCUT2D eigenvalue weighted by molar-refractivity contribution is -0.113. The molecule has 4 aromatic carbocycles. The number of halogens is 1. The van der Waals surface area contributed by atoms with Crippen molar-refractivity contribution >= 4 is 51.6 Å². The minimum atomic E-state index is -0.717. The quantitative estimate of drug-likeness (QED) is 0.166. The Bertz CT molecular complexity index is 2270. The molecule has 1 amide bonds. The average molecular weight is 783 g/mol. The Kier molecular flexibility index (Phi) is 10.3. The number of benzene rings is 4. The van der Waals surface area contributed by atoms with Gasteiger partial charge in [0.05, 0.1) is 50.8 Å². The molecule has 11 heteroatoms. The summed E-state index contributed by atoms with van der Waals surface area (Å²) < 4.78 is 20.3. The molecule has 1 N–H and O–H groups in total. The van der Waals surface area contributed by atoms with Crippen LogP contribution in [0.2, 0.25) is 0 Å². The van der Waals surface area contributed by atoms with Gasteiger partial charge in [0.1, 0.15) is 12.4 Å². The van der Waals surface area contributed by atoms with Gasteiger partial charge in [-0.05, 0) is 108 Å². The van der Waals surface area contributed by atoms with Crippen LogP contribution in [0, 0.1) is 14.9 Å². The maximum atomic E-state index is 14.2. The van der Waals surface area contributed by atoms with Gasteiger partial charge in [-0.15, -0.1) is 0 Å². The fourth-order valence-corrected chi connectivity index (χ4v) is 7.33. The van der Waals surface area contributed by atoms with Crippen molar-refractivity contribution in [3.63, 3.8) is 0 Å². The molecule has 1 aromatic heterocycles. The molecule has 5 aromatic rings. The highest BCUT2D eigenvalue weighted by Gasteiger charge is 2.32. The number of carbonyl (C=O) groups is 1. The van der Waals surface area contributed by atoms with Crippen molar-refractivity contribution in [2.24, 2.45) is 4.99 Å². The van der Waals surface area contributed by atoms with Crippen molar-refractivity contribution < 1.29 is 19.0 Å². The van der Waals surface area contributed by atoms with Crippen LogP contribution in [0.15, 0.2) is 112 Å². The Hall–Kier alpha value is -5.19. The average Bonchev–Trinajstić information content (AvgIpc) is 3.41. The summed E-state index contributed by atoms with van der Waals surface area (Å²) in [4.78, 5) is 33.3. The Balaban J connectivity index is 1.39. The topological polar surface area (TPSA) is 115 Å². The summed E-state index contributed by atoms with van der Waals surface area (Å²) in [5, 5.41) is 12.1. The fraction of sp³-hybridized carbons (Fsp3) is 0.158. The van der Waals surface area contributed by atoms with E-state index in [1.807, 2.05) is 85.8 Å². The molecule has 1 aliphatic heterocycles. The molecule has 1 atom stereocenters. The van der Waals surface area contributed by atoms with Gasteiger partial charge < -0.3 is 19.5 Å². The van der Waals surface area contributed by atoms with Crippen LogP contribution in [0.4, 0.5) is 5.69 Å². The van der Waals surface area contributed by atoms with Crippen LogP contribution in [0.3, 0.4) is 0 Å².